The third kappa shape index (κ3) is 3.57. The summed E-state index contributed by atoms with van der Waals surface area (Å²) in [4.78, 5) is 33.5. The summed E-state index contributed by atoms with van der Waals surface area (Å²) < 4.78 is 11.0. The number of hydrogen-bond acceptors (Lipinski definition) is 7. The van der Waals surface area contributed by atoms with Crippen LogP contribution in [0.25, 0.3) is 21.9 Å². The number of H-pyrrole nitrogens is 1. The maximum Gasteiger partial charge on any atom is 0.344 e. The van der Waals surface area contributed by atoms with Crippen molar-refractivity contribution < 1.29 is 13.9 Å². The Balaban J connectivity index is 1.93. The van der Waals surface area contributed by atoms with E-state index in [1.54, 1.807) is 19.9 Å². The molecule has 0 fully saturated rings. The van der Waals surface area contributed by atoms with Crippen molar-refractivity contribution in [2.24, 2.45) is 0 Å². The van der Waals surface area contributed by atoms with E-state index >= 15 is 0 Å². The van der Waals surface area contributed by atoms with Crippen LogP contribution in [-0.2, 0) is 0 Å². The second-order valence-corrected chi connectivity index (χ2v) is 8.86. The highest BCUT2D eigenvalue weighted by Gasteiger charge is 2.34. The van der Waals surface area contributed by atoms with E-state index < -0.39 is 22.9 Å². The third-order valence-electron chi connectivity index (χ3n) is 5.90. The molecule has 0 saturated carbocycles. The predicted molar refractivity (Wildman–Crippen MR) is 130 cm³/mol. The first-order chi connectivity index (χ1) is 16.7. The van der Waals surface area contributed by atoms with E-state index in [1.165, 1.54) is 30.6 Å². The first kappa shape index (κ1) is 22.7. The van der Waals surface area contributed by atoms with Crippen molar-refractivity contribution in [1.29, 1.82) is 5.26 Å². The molecule has 1 unspecified atom stereocenters. The summed E-state index contributed by atoms with van der Waals surface area (Å²) >= 11 is 12.5. The topological polar surface area (TPSA) is 133 Å². The standard InChI is InChI=1S/C25H15Cl2N3O5/c1-10-5-17-12(7-15(10)26)14(9-28)19(24(32)34-17)20(23-29-3-4-30-23)21-22(31)13-8-16(27)11(2)6-18(13)35-25(21)33/h3-8,20,31H,1-2H3,(H,29,30). The Bertz CT molecular complexity index is 1810. The Kier molecular flexibility index (Phi) is 5.39. The van der Waals surface area contributed by atoms with Crippen LogP contribution in [0.1, 0.15) is 39.6 Å². The van der Waals surface area contributed by atoms with Crippen molar-refractivity contribution in [2.75, 3.05) is 0 Å². The number of nitriles is 1. The number of nitrogens with zero attached hydrogens (tertiary/aromatic N) is 2. The molecular weight excluding hydrogens is 493 g/mol. The number of aryl methyl sites for hydroxylation is 2. The smallest absolute Gasteiger partial charge is 0.344 e. The lowest BCUT2D eigenvalue weighted by Gasteiger charge is -2.18. The van der Waals surface area contributed by atoms with E-state index in [9.17, 15) is 20.0 Å². The van der Waals surface area contributed by atoms with E-state index in [-0.39, 0.29) is 44.5 Å². The molecule has 10 heteroatoms. The number of hydrogen-bond donors (Lipinski definition) is 2. The molecule has 0 bridgehead atoms. The number of fused-ring (bicyclic) bond motifs is 2. The molecule has 3 aromatic heterocycles. The minimum absolute atomic E-state index is 0.0691. The van der Waals surface area contributed by atoms with Gasteiger partial charge in [0.25, 0.3) is 0 Å². The van der Waals surface area contributed by atoms with Crippen molar-refractivity contribution in [3.8, 4) is 11.8 Å². The molecule has 0 amide bonds. The zero-order chi connectivity index (χ0) is 25.0. The van der Waals surface area contributed by atoms with Gasteiger partial charge in [-0.05, 0) is 49.2 Å². The minimum atomic E-state index is -1.32. The van der Waals surface area contributed by atoms with Gasteiger partial charge in [-0.1, -0.05) is 23.2 Å². The largest absolute Gasteiger partial charge is 0.507 e. The molecule has 8 nitrogen and oxygen atoms in total. The molecule has 0 radical (unpaired) electrons. The van der Waals surface area contributed by atoms with Gasteiger partial charge >= 0.3 is 11.3 Å². The van der Waals surface area contributed by atoms with Gasteiger partial charge in [0.2, 0.25) is 0 Å². The summed E-state index contributed by atoms with van der Waals surface area (Å²) in [7, 11) is 0. The van der Waals surface area contributed by atoms with E-state index in [1.807, 2.05) is 6.07 Å². The number of nitrogens with one attached hydrogen (secondary N) is 1. The van der Waals surface area contributed by atoms with E-state index in [0.29, 0.717) is 21.2 Å². The first-order valence-electron chi connectivity index (χ1n) is 10.3. The van der Waals surface area contributed by atoms with E-state index in [4.69, 9.17) is 32.0 Å². The van der Waals surface area contributed by atoms with Crippen molar-refractivity contribution in [3.63, 3.8) is 0 Å². The Labute approximate surface area is 207 Å². The number of imidazole rings is 1. The van der Waals surface area contributed by atoms with Gasteiger partial charge in [0.05, 0.1) is 28.0 Å². The Morgan fingerprint density at radius 3 is 2.11 bits per heavy atom. The molecule has 5 rings (SSSR count). The highest BCUT2D eigenvalue weighted by molar-refractivity contribution is 6.32. The van der Waals surface area contributed by atoms with Crippen LogP contribution in [0, 0.1) is 25.2 Å². The van der Waals surface area contributed by atoms with Gasteiger partial charge in [-0.25, -0.2) is 14.6 Å². The Morgan fingerprint density at radius 1 is 0.971 bits per heavy atom. The van der Waals surface area contributed by atoms with Gasteiger partial charge in [0.1, 0.15) is 28.8 Å². The van der Waals surface area contributed by atoms with Crippen molar-refractivity contribution in [3.05, 3.63) is 101 Å². The Hall–Kier alpha value is -4.06. The van der Waals surface area contributed by atoms with Gasteiger partial charge in [-0.15, -0.1) is 0 Å². The average Bonchev–Trinajstić information content (AvgIpc) is 3.34. The molecule has 0 aliphatic rings. The van der Waals surface area contributed by atoms with Crippen molar-refractivity contribution >= 4 is 45.1 Å². The maximum atomic E-state index is 13.3. The SMILES string of the molecule is Cc1cc2oc(=O)c(C(c3ncc[nH]3)c3c(C#N)c4cc(Cl)c(C)cc4oc3=O)c(O)c2cc1Cl. The summed E-state index contributed by atoms with van der Waals surface area (Å²) in [6.07, 6.45) is 2.90. The third-order valence-corrected chi connectivity index (χ3v) is 6.71. The molecule has 5 aromatic rings. The van der Waals surface area contributed by atoms with Crippen LogP contribution in [0.3, 0.4) is 0 Å². The van der Waals surface area contributed by atoms with Crippen LogP contribution in [0.4, 0.5) is 0 Å². The maximum absolute atomic E-state index is 13.3. The first-order valence-corrected chi connectivity index (χ1v) is 11.1. The monoisotopic (exact) mass is 507 g/mol. The second-order valence-electron chi connectivity index (χ2n) is 8.04. The van der Waals surface area contributed by atoms with Crippen LogP contribution in [0.5, 0.6) is 5.75 Å². The normalized spacial score (nSPS) is 12.2. The number of halogens is 2. The fraction of sp³-hybridized carbons (Fsp3) is 0.120. The quantitative estimate of drug-likeness (QED) is 0.316. The van der Waals surface area contributed by atoms with Crippen LogP contribution in [0.15, 0.2) is 55.1 Å². The molecule has 3 heterocycles. The zero-order valence-electron chi connectivity index (χ0n) is 18.3. The molecule has 174 valence electrons. The van der Waals surface area contributed by atoms with Gasteiger partial charge in [0, 0.05) is 27.8 Å². The van der Waals surface area contributed by atoms with Gasteiger partial charge in [0.15, 0.2) is 0 Å². The van der Waals surface area contributed by atoms with Crippen LogP contribution in [-0.4, -0.2) is 15.1 Å². The van der Waals surface area contributed by atoms with Gasteiger partial charge < -0.3 is 18.9 Å². The van der Waals surface area contributed by atoms with Crippen molar-refractivity contribution in [1.82, 2.24) is 9.97 Å². The minimum Gasteiger partial charge on any atom is -0.507 e. The molecular formula is C25H15Cl2N3O5. The fourth-order valence-corrected chi connectivity index (χ4v) is 4.48. The number of rotatable bonds is 3. The Morgan fingerprint density at radius 2 is 1.54 bits per heavy atom. The van der Waals surface area contributed by atoms with Crippen LogP contribution < -0.4 is 11.3 Å². The summed E-state index contributed by atoms with van der Waals surface area (Å²) in [6.45, 7) is 3.46. The molecule has 1 atom stereocenters. The molecule has 2 N–H and O–H groups in total. The summed E-state index contributed by atoms with van der Waals surface area (Å²) in [5.74, 6) is -1.66. The molecule has 0 spiro atoms. The van der Waals surface area contributed by atoms with Gasteiger partial charge in [-0.3, -0.25) is 0 Å². The second kappa shape index (κ2) is 8.31. The summed E-state index contributed by atoms with van der Waals surface area (Å²) in [6, 6.07) is 8.09. The van der Waals surface area contributed by atoms with Gasteiger partial charge in [-0.2, -0.15) is 5.26 Å². The molecule has 35 heavy (non-hydrogen) atoms. The highest BCUT2D eigenvalue weighted by Crippen LogP contribution is 2.40. The lowest BCUT2D eigenvalue weighted by Crippen LogP contribution is -2.23. The van der Waals surface area contributed by atoms with Crippen molar-refractivity contribution in [2.45, 2.75) is 19.8 Å². The number of benzene rings is 2. The lowest BCUT2D eigenvalue weighted by atomic mass is 9.87. The molecule has 0 aliphatic carbocycles. The van der Waals surface area contributed by atoms with Crippen LogP contribution in [0.2, 0.25) is 10.0 Å². The lowest BCUT2D eigenvalue weighted by molar-refractivity contribution is 0.452. The zero-order valence-corrected chi connectivity index (χ0v) is 19.8. The fourth-order valence-electron chi connectivity index (χ4n) is 4.15. The molecule has 0 saturated heterocycles. The van der Waals surface area contributed by atoms with Crippen LogP contribution >= 0.6 is 23.2 Å². The number of aromatic nitrogens is 2. The highest BCUT2D eigenvalue weighted by atomic mass is 35.5. The average molecular weight is 508 g/mol. The summed E-state index contributed by atoms with van der Waals surface area (Å²) in [5, 5.41) is 22.5. The van der Waals surface area contributed by atoms with E-state index in [2.05, 4.69) is 9.97 Å². The summed E-state index contributed by atoms with van der Waals surface area (Å²) in [5.41, 5.74) is -0.782. The molecule has 0 aliphatic heterocycles. The number of aromatic hydroxyl groups is 1. The molecule has 2 aromatic carbocycles. The van der Waals surface area contributed by atoms with E-state index in [0.717, 1.165) is 0 Å². The number of aromatic amines is 1. The predicted octanol–water partition coefficient (Wildman–Crippen LogP) is 5.30.